The molecule has 1 rings (SSSR count). The van der Waals surface area contributed by atoms with Gasteiger partial charge in [-0.05, 0) is 33.3 Å². The van der Waals surface area contributed by atoms with Crippen molar-refractivity contribution in [3.8, 4) is 0 Å². The molecule has 0 unspecified atom stereocenters. The van der Waals surface area contributed by atoms with Crippen LogP contribution in [0.15, 0.2) is 29.4 Å². The van der Waals surface area contributed by atoms with Gasteiger partial charge in [-0.15, -0.1) is 0 Å². The van der Waals surface area contributed by atoms with E-state index in [1.807, 2.05) is 32.0 Å². The van der Waals surface area contributed by atoms with Crippen LogP contribution in [0, 0.1) is 0 Å². The summed E-state index contributed by atoms with van der Waals surface area (Å²) in [5, 5.41) is 25.2. The van der Waals surface area contributed by atoms with E-state index < -0.39 is 11.1 Å². The first-order chi connectivity index (χ1) is 8.69. The Morgan fingerprint density at radius 3 is 2.37 bits per heavy atom. The maximum Gasteiger partial charge on any atom is 0.170 e. The van der Waals surface area contributed by atoms with Crippen LogP contribution >= 0.6 is 0 Å². The van der Waals surface area contributed by atoms with Gasteiger partial charge in [0, 0.05) is 17.6 Å². The molecule has 5 N–H and O–H groups in total. The van der Waals surface area contributed by atoms with Crippen molar-refractivity contribution in [2.24, 2.45) is 10.9 Å². The van der Waals surface area contributed by atoms with E-state index in [4.69, 9.17) is 10.9 Å². The molecule has 0 radical (unpaired) electrons. The van der Waals surface area contributed by atoms with Crippen molar-refractivity contribution in [2.75, 3.05) is 0 Å². The average molecular weight is 265 g/mol. The predicted octanol–water partition coefficient (Wildman–Crippen LogP) is 1.42. The first kappa shape index (κ1) is 15.5. The van der Waals surface area contributed by atoms with Gasteiger partial charge in [-0.25, -0.2) is 0 Å². The highest BCUT2D eigenvalue weighted by Gasteiger charge is 2.34. The molecule has 0 saturated carbocycles. The highest BCUT2D eigenvalue weighted by Crippen LogP contribution is 2.21. The SMILES string of the molecule is CC(C)(O)C(C)(C)NCc1ccccc1/C(N)=N/O. The van der Waals surface area contributed by atoms with E-state index >= 15 is 0 Å². The highest BCUT2D eigenvalue weighted by molar-refractivity contribution is 5.98. The fourth-order valence-electron chi connectivity index (χ4n) is 1.51. The Labute approximate surface area is 114 Å². The van der Waals surface area contributed by atoms with Gasteiger partial charge >= 0.3 is 0 Å². The summed E-state index contributed by atoms with van der Waals surface area (Å²) in [5.74, 6) is 0.0819. The molecule has 0 atom stereocenters. The van der Waals surface area contributed by atoms with Gasteiger partial charge in [-0.2, -0.15) is 0 Å². The minimum Gasteiger partial charge on any atom is -0.409 e. The van der Waals surface area contributed by atoms with Gasteiger partial charge in [0.2, 0.25) is 0 Å². The fraction of sp³-hybridized carbons (Fsp3) is 0.500. The van der Waals surface area contributed by atoms with Crippen LogP contribution in [0.2, 0.25) is 0 Å². The monoisotopic (exact) mass is 265 g/mol. The smallest absolute Gasteiger partial charge is 0.170 e. The Kier molecular flexibility index (Phi) is 4.55. The number of benzene rings is 1. The second kappa shape index (κ2) is 5.59. The third kappa shape index (κ3) is 3.68. The largest absolute Gasteiger partial charge is 0.409 e. The minimum absolute atomic E-state index is 0.0819. The van der Waals surface area contributed by atoms with Crippen LogP contribution in [-0.4, -0.2) is 27.3 Å². The van der Waals surface area contributed by atoms with Crippen molar-refractivity contribution in [3.63, 3.8) is 0 Å². The molecule has 0 aliphatic heterocycles. The van der Waals surface area contributed by atoms with E-state index in [0.29, 0.717) is 12.1 Å². The molecule has 5 nitrogen and oxygen atoms in total. The van der Waals surface area contributed by atoms with E-state index in [1.165, 1.54) is 0 Å². The molecule has 1 aromatic rings. The van der Waals surface area contributed by atoms with Gasteiger partial charge in [0.05, 0.1) is 5.60 Å². The Hall–Kier alpha value is -1.59. The summed E-state index contributed by atoms with van der Waals surface area (Å²) in [7, 11) is 0. The molecule has 5 heteroatoms. The number of oxime groups is 1. The summed E-state index contributed by atoms with van der Waals surface area (Å²) in [6.07, 6.45) is 0. The van der Waals surface area contributed by atoms with Crippen molar-refractivity contribution in [1.82, 2.24) is 5.32 Å². The quantitative estimate of drug-likeness (QED) is 0.280. The fourth-order valence-corrected chi connectivity index (χ4v) is 1.51. The van der Waals surface area contributed by atoms with E-state index in [0.717, 1.165) is 5.56 Å². The maximum absolute atomic E-state index is 10.1. The average Bonchev–Trinajstić information content (AvgIpc) is 2.34. The van der Waals surface area contributed by atoms with E-state index in [1.54, 1.807) is 19.9 Å². The first-order valence-electron chi connectivity index (χ1n) is 6.22. The molecule has 0 aromatic heterocycles. The van der Waals surface area contributed by atoms with Gasteiger partial charge < -0.3 is 21.4 Å². The van der Waals surface area contributed by atoms with Gasteiger partial charge in [0.1, 0.15) is 0 Å². The molecular weight excluding hydrogens is 242 g/mol. The zero-order valence-electron chi connectivity index (χ0n) is 11.9. The second-order valence-corrected chi connectivity index (χ2v) is 5.68. The molecule has 19 heavy (non-hydrogen) atoms. The topological polar surface area (TPSA) is 90.9 Å². The molecule has 0 amide bonds. The van der Waals surface area contributed by atoms with Crippen molar-refractivity contribution in [1.29, 1.82) is 0 Å². The minimum atomic E-state index is -0.863. The van der Waals surface area contributed by atoms with Gasteiger partial charge in [0.25, 0.3) is 0 Å². The molecule has 0 bridgehead atoms. The molecule has 0 spiro atoms. The molecule has 0 fully saturated rings. The summed E-state index contributed by atoms with van der Waals surface area (Å²) in [5.41, 5.74) is 5.91. The van der Waals surface area contributed by atoms with Gasteiger partial charge in [0.15, 0.2) is 5.84 Å². The molecular formula is C14H23N3O2. The highest BCUT2D eigenvalue weighted by atomic mass is 16.4. The summed E-state index contributed by atoms with van der Waals surface area (Å²) >= 11 is 0. The summed E-state index contributed by atoms with van der Waals surface area (Å²) < 4.78 is 0. The predicted molar refractivity (Wildman–Crippen MR) is 76.2 cm³/mol. The number of hydrogen-bond acceptors (Lipinski definition) is 4. The van der Waals surface area contributed by atoms with Crippen LogP contribution in [0.3, 0.4) is 0 Å². The number of amidine groups is 1. The zero-order chi connectivity index (χ0) is 14.7. The first-order valence-corrected chi connectivity index (χ1v) is 6.22. The van der Waals surface area contributed by atoms with Crippen molar-refractivity contribution >= 4 is 5.84 Å². The molecule has 0 aliphatic carbocycles. The van der Waals surface area contributed by atoms with E-state index in [9.17, 15) is 5.11 Å². The number of rotatable bonds is 5. The number of nitrogens with two attached hydrogens (primary N) is 1. The number of nitrogens with zero attached hydrogens (tertiary/aromatic N) is 1. The third-order valence-corrected chi connectivity index (χ3v) is 3.65. The third-order valence-electron chi connectivity index (χ3n) is 3.65. The molecule has 0 heterocycles. The molecule has 1 aromatic carbocycles. The lowest BCUT2D eigenvalue weighted by atomic mass is 9.85. The van der Waals surface area contributed by atoms with Crippen molar-refractivity contribution in [3.05, 3.63) is 35.4 Å². The van der Waals surface area contributed by atoms with Gasteiger partial charge in [-0.3, -0.25) is 0 Å². The lowest BCUT2D eigenvalue weighted by molar-refractivity contribution is -0.00532. The van der Waals surface area contributed by atoms with Crippen LogP contribution in [0.25, 0.3) is 0 Å². The Bertz CT molecular complexity index is 462. The normalized spacial score (nSPS) is 13.6. The van der Waals surface area contributed by atoms with Crippen LogP contribution in [0.1, 0.15) is 38.8 Å². The van der Waals surface area contributed by atoms with E-state index in [2.05, 4.69) is 10.5 Å². The lowest BCUT2D eigenvalue weighted by Gasteiger charge is -2.38. The number of nitrogens with one attached hydrogen (secondary N) is 1. The van der Waals surface area contributed by atoms with E-state index in [-0.39, 0.29) is 5.84 Å². The maximum atomic E-state index is 10.1. The van der Waals surface area contributed by atoms with Crippen LogP contribution in [-0.2, 0) is 6.54 Å². The lowest BCUT2D eigenvalue weighted by Crippen LogP contribution is -2.55. The van der Waals surface area contributed by atoms with Crippen molar-refractivity contribution in [2.45, 2.75) is 45.4 Å². The number of aliphatic hydroxyl groups is 1. The Morgan fingerprint density at radius 2 is 1.84 bits per heavy atom. The van der Waals surface area contributed by atoms with Crippen LogP contribution in [0.4, 0.5) is 0 Å². The summed E-state index contributed by atoms with van der Waals surface area (Å²) in [4.78, 5) is 0. The summed E-state index contributed by atoms with van der Waals surface area (Å²) in [6, 6.07) is 7.42. The molecule has 106 valence electrons. The van der Waals surface area contributed by atoms with Gasteiger partial charge in [-0.1, -0.05) is 29.4 Å². The van der Waals surface area contributed by atoms with Crippen LogP contribution < -0.4 is 11.1 Å². The molecule has 0 aliphatic rings. The zero-order valence-corrected chi connectivity index (χ0v) is 11.9. The summed E-state index contributed by atoms with van der Waals surface area (Å²) in [6.45, 7) is 7.90. The van der Waals surface area contributed by atoms with Crippen LogP contribution in [0.5, 0.6) is 0 Å². The number of hydrogen-bond donors (Lipinski definition) is 4. The van der Waals surface area contributed by atoms with Crippen molar-refractivity contribution < 1.29 is 10.3 Å². The second-order valence-electron chi connectivity index (χ2n) is 5.68. The Balaban J connectivity index is 2.91. The standard InChI is InChI=1S/C14H23N3O2/c1-13(2,14(3,4)18)16-9-10-7-5-6-8-11(10)12(15)17-19/h5-8,16,18-19H,9H2,1-4H3,(H2,15,17). The molecule has 0 saturated heterocycles. The Morgan fingerprint density at radius 1 is 1.26 bits per heavy atom.